The normalized spacial score (nSPS) is 12.7. The first kappa shape index (κ1) is 12.5. The molecule has 0 aromatic heterocycles. The maximum absolute atomic E-state index is 9.71. The van der Waals surface area contributed by atoms with Crippen LogP contribution in [0.1, 0.15) is 5.56 Å². The standard InChI is InChI=1S/C14H11ClO3S/c15-10-5-9(6-12-14(10)18-8-17-12)7-19-13-4-2-1-3-11(13)16/h1-6,16H,7-8H2. The second-order valence-electron chi connectivity index (χ2n) is 4.07. The first-order valence-electron chi connectivity index (χ1n) is 5.73. The van der Waals surface area contributed by atoms with Crippen molar-refractivity contribution in [2.75, 3.05) is 6.79 Å². The van der Waals surface area contributed by atoms with Crippen molar-refractivity contribution < 1.29 is 14.6 Å². The van der Waals surface area contributed by atoms with Gasteiger partial charge in [-0.05, 0) is 29.8 Å². The van der Waals surface area contributed by atoms with Crippen molar-refractivity contribution in [2.45, 2.75) is 10.6 Å². The van der Waals surface area contributed by atoms with Gasteiger partial charge in [-0.25, -0.2) is 0 Å². The molecule has 1 heterocycles. The molecule has 0 spiro atoms. The Morgan fingerprint density at radius 2 is 2.05 bits per heavy atom. The Labute approximate surface area is 120 Å². The molecule has 98 valence electrons. The molecule has 5 heteroatoms. The molecule has 0 unspecified atom stereocenters. The highest BCUT2D eigenvalue weighted by molar-refractivity contribution is 7.98. The lowest BCUT2D eigenvalue weighted by Gasteiger charge is -2.06. The lowest BCUT2D eigenvalue weighted by Crippen LogP contribution is -1.93. The van der Waals surface area contributed by atoms with Crippen molar-refractivity contribution in [3.05, 3.63) is 47.0 Å². The van der Waals surface area contributed by atoms with E-state index >= 15 is 0 Å². The number of ether oxygens (including phenoxy) is 2. The van der Waals surface area contributed by atoms with Crippen LogP contribution in [0, 0.1) is 0 Å². The summed E-state index contributed by atoms with van der Waals surface area (Å²) < 4.78 is 10.6. The fraction of sp³-hybridized carbons (Fsp3) is 0.143. The van der Waals surface area contributed by atoms with Gasteiger partial charge in [0.15, 0.2) is 11.5 Å². The zero-order valence-electron chi connectivity index (χ0n) is 9.93. The van der Waals surface area contributed by atoms with E-state index in [0.717, 1.165) is 10.5 Å². The van der Waals surface area contributed by atoms with Crippen molar-refractivity contribution in [1.29, 1.82) is 0 Å². The summed E-state index contributed by atoms with van der Waals surface area (Å²) in [6, 6.07) is 11.0. The fourth-order valence-corrected chi connectivity index (χ4v) is 3.01. The number of phenolic OH excluding ortho intramolecular Hbond substituents is 1. The van der Waals surface area contributed by atoms with E-state index in [4.69, 9.17) is 21.1 Å². The van der Waals surface area contributed by atoms with Gasteiger partial charge in [-0.3, -0.25) is 0 Å². The smallest absolute Gasteiger partial charge is 0.231 e. The van der Waals surface area contributed by atoms with Crippen LogP contribution in [0.5, 0.6) is 17.2 Å². The molecule has 2 aromatic carbocycles. The van der Waals surface area contributed by atoms with Crippen molar-refractivity contribution in [3.8, 4) is 17.2 Å². The molecular weight excluding hydrogens is 284 g/mol. The van der Waals surface area contributed by atoms with Gasteiger partial charge in [0.05, 0.1) is 5.02 Å². The van der Waals surface area contributed by atoms with Gasteiger partial charge < -0.3 is 14.6 Å². The fourth-order valence-electron chi connectivity index (χ4n) is 1.84. The minimum Gasteiger partial charge on any atom is -0.507 e. The van der Waals surface area contributed by atoms with Crippen LogP contribution in [-0.2, 0) is 5.75 Å². The van der Waals surface area contributed by atoms with Crippen LogP contribution in [-0.4, -0.2) is 11.9 Å². The van der Waals surface area contributed by atoms with Crippen LogP contribution in [0.2, 0.25) is 5.02 Å². The van der Waals surface area contributed by atoms with Gasteiger partial charge in [0.1, 0.15) is 5.75 Å². The molecule has 0 amide bonds. The number of benzene rings is 2. The van der Waals surface area contributed by atoms with Gasteiger partial charge in [0.25, 0.3) is 0 Å². The lowest BCUT2D eigenvalue weighted by molar-refractivity contribution is 0.174. The zero-order chi connectivity index (χ0) is 13.2. The summed E-state index contributed by atoms with van der Waals surface area (Å²) in [6.07, 6.45) is 0. The van der Waals surface area contributed by atoms with Crippen LogP contribution in [0.4, 0.5) is 0 Å². The number of hydrogen-bond acceptors (Lipinski definition) is 4. The molecule has 3 nitrogen and oxygen atoms in total. The number of aromatic hydroxyl groups is 1. The molecule has 0 radical (unpaired) electrons. The third kappa shape index (κ3) is 2.60. The largest absolute Gasteiger partial charge is 0.507 e. The SMILES string of the molecule is Oc1ccccc1SCc1cc(Cl)c2c(c1)OCO2. The summed E-state index contributed by atoms with van der Waals surface area (Å²) in [7, 11) is 0. The number of thioether (sulfide) groups is 1. The topological polar surface area (TPSA) is 38.7 Å². The van der Waals surface area contributed by atoms with E-state index in [1.165, 1.54) is 0 Å². The summed E-state index contributed by atoms with van der Waals surface area (Å²) >= 11 is 7.67. The number of hydrogen-bond donors (Lipinski definition) is 1. The molecule has 19 heavy (non-hydrogen) atoms. The molecule has 3 rings (SSSR count). The van der Waals surface area contributed by atoms with Gasteiger partial charge in [0, 0.05) is 10.6 Å². The quantitative estimate of drug-likeness (QED) is 0.866. The van der Waals surface area contributed by atoms with E-state index in [0.29, 0.717) is 28.0 Å². The molecule has 1 aliphatic heterocycles. The number of fused-ring (bicyclic) bond motifs is 1. The first-order valence-corrected chi connectivity index (χ1v) is 7.09. The van der Waals surface area contributed by atoms with Gasteiger partial charge >= 0.3 is 0 Å². The third-order valence-electron chi connectivity index (χ3n) is 2.75. The van der Waals surface area contributed by atoms with E-state index in [2.05, 4.69) is 0 Å². The summed E-state index contributed by atoms with van der Waals surface area (Å²) in [5.74, 6) is 2.28. The number of rotatable bonds is 3. The van der Waals surface area contributed by atoms with Crippen LogP contribution in [0.15, 0.2) is 41.3 Å². The number of phenols is 1. The van der Waals surface area contributed by atoms with E-state index in [9.17, 15) is 5.11 Å². The van der Waals surface area contributed by atoms with E-state index in [1.54, 1.807) is 23.9 Å². The summed E-state index contributed by atoms with van der Waals surface area (Å²) in [5.41, 5.74) is 1.03. The first-order chi connectivity index (χ1) is 9.24. The highest BCUT2D eigenvalue weighted by Crippen LogP contribution is 2.41. The molecule has 1 N–H and O–H groups in total. The summed E-state index contributed by atoms with van der Waals surface area (Å²) in [5, 5.41) is 10.3. The Morgan fingerprint density at radius 3 is 2.89 bits per heavy atom. The molecule has 2 aromatic rings. The van der Waals surface area contributed by atoms with Crippen molar-refractivity contribution in [1.82, 2.24) is 0 Å². The molecule has 1 aliphatic rings. The average Bonchev–Trinajstić information content (AvgIpc) is 2.87. The second-order valence-corrected chi connectivity index (χ2v) is 5.49. The summed E-state index contributed by atoms with van der Waals surface area (Å²) in [4.78, 5) is 0.844. The molecule has 0 atom stereocenters. The Hall–Kier alpha value is -1.52. The van der Waals surface area contributed by atoms with Gasteiger partial charge in [0.2, 0.25) is 6.79 Å². The number of para-hydroxylation sites is 1. The molecular formula is C14H11ClO3S. The molecule has 0 saturated carbocycles. The second kappa shape index (κ2) is 5.23. The molecule has 0 bridgehead atoms. The minimum absolute atomic E-state index is 0.213. The molecule has 0 aliphatic carbocycles. The Balaban J connectivity index is 1.78. The van der Waals surface area contributed by atoms with E-state index in [-0.39, 0.29) is 6.79 Å². The van der Waals surface area contributed by atoms with E-state index < -0.39 is 0 Å². The van der Waals surface area contributed by atoms with Gasteiger partial charge in [-0.2, -0.15) is 0 Å². The monoisotopic (exact) mass is 294 g/mol. The Morgan fingerprint density at radius 1 is 1.21 bits per heavy atom. The Bertz CT molecular complexity index is 616. The highest BCUT2D eigenvalue weighted by atomic mass is 35.5. The van der Waals surface area contributed by atoms with Crippen LogP contribution in [0.3, 0.4) is 0 Å². The van der Waals surface area contributed by atoms with E-state index in [1.807, 2.05) is 24.3 Å². The van der Waals surface area contributed by atoms with Crippen molar-refractivity contribution >= 4 is 23.4 Å². The zero-order valence-corrected chi connectivity index (χ0v) is 11.5. The minimum atomic E-state index is 0.213. The van der Waals surface area contributed by atoms with Crippen LogP contribution >= 0.6 is 23.4 Å². The van der Waals surface area contributed by atoms with Crippen molar-refractivity contribution in [2.24, 2.45) is 0 Å². The summed E-state index contributed by atoms with van der Waals surface area (Å²) in [6.45, 7) is 0.213. The van der Waals surface area contributed by atoms with Crippen LogP contribution < -0.4 is 9.47 Å². The van der Waals surface area contributed by atoms with Crippen LogP contribution in [0.25, 0.3) is 0 Å². The molecule has 0 fully saturated rings. The number of halogens is 1. The maximum Gasteiger partial charge on any atom is 0.231 e. The van der Waals surface area contributed by atoms with Gasteiger partial charge in [-0.1, -0.05) is 23.7 Å². The Kier molecular flexibility index (Phi) is 3.44. The lowest BCUT2D eigenvalue weighted by atomic mass is 10.2. The average molecular weight is 295 g/mol. The van der Waals surface area contributed by atoms with Crippen molar-refractivity contribution in [3.63, 3.8) is 0 Å². The maximum atomic E-state index is 9.71. The predicted molar refractivity (Wildman–Crippen MR) is 75.2 cm³/mol. The third-order valence-corrected chi connectivity index (χ3v) is 4.16. The molecule has 0 saturated heterocycles. The van der Waals surface area contributed by atoms with Gasteiger partial charge in [-0.15, -0.1) is 11.8 Å². The highest BCUT2D eigenvalue weighted by Gasteiger charge is 2.18. The predicted octanol–water partition coefficient (Wildman–Crippen LogP) is 4.07.